The van der Waals surface area contributed by atoms with Gasteiger partial charge in [0.2, 0.25) is 0 Å². The summed E-state index contributed by atoms with van der Waals surface area (Å²) in [6, 6.07) is 7.42. The summed E-state index contributed by atoms with van der Waals surface area (Å²) in [4.78, 5) is 11.0. The van der Waals surface area contributed by atoms with Crippen LogP contribution in [0.1, 0.15) is 10.5 Å². The summed E-state index contributed by atoms with van der Waals surface area (Å²) in [5.41, 5.74) is 1.82. The molecular formula is C13H13N3O2. The summed E-state index contributed by atoms with van der Waals surface area (Å²) in [6.07, 6.45) is 2.40. The predicted molar refractivity (Wildman–Crippen MR) is 67.6 cm³/mol. The van der Waals surface area contributed by atoms with Gasteiger partial charge in [-0.2, -0.15) is 0 Å². The second-order valence-electron chi connectivity index (χ2n) is 3.64. The number of ether oxygens (including phenoxy) is 1. The van der Waals surface area contributed by atoms with E-state index < -0.39 is 0 Å². The summed E-state index contributed by atoms with van der Waals surface area (Å²) >= 11 is 0. The zero-order valence-electron chi connectivity index (χ0n) is 10.0. The molecule has 1 aromatic heterocycles. The molecule has 0 N–H and O–H groups in total. The summed E-state index contributed by atoms with van der Waals surface area (Å²) < 4.78 is 6.80. The molecule has 2 rings (SSSR count). The Labute approximate surface area is 105 Å². The molecule has 0 atom stereocenters. The first-order valence-electron chi connectivity index (χ1n) is 5.44. The van der Waals surface area contributed by atoms with Crippen molar-refractivity contribution in [2.45, 2.75) is 6.54 Å². The van der Waals surface area contributed by atoms with Crippen molar-refractivity contribution in [1.82, 2.24) is 15.0 Å². The van der Waals surface area contributed by atoms with E-state index in [1.807, 2.05) is 24.3 Å². The summed E-state index contributed by atoms with van der Waals surface area (Å²) in [7, 11) is 1.60. The van der Waals surface area contributed by atoms with Crippen LogP contribution >= 0.6 is 0 Å². The van der Waals surface area contributed by atoms with Gasteiger partial charge >= 0.3 is 0 Å². The highest BCUT2D eigenvalue weighted by atomic mass is 16.5. The number of aromatic nitrogens is 3. The molecule has 0 saturated heterocycles. The van der Waals surface area contributed by atoms with Gasteiger partial charge in [0.05, 0.1) is 19.3 Å². The van der Waals surface area contributed by atoms with Gasteiger partial charge in [0, 0.05) is 5.56 Å². The third-order valence-electron chi connectivity index (χ3n) is 2.52. The summed E-state index contributed by atoms with van der Waals surface area (Å²) in [5, 5.41) is 7.77. The van der Waals surface area contributed by atoms with Gasteiger partial charge in [0.25, 0.3) is 0 Å². The van der Waals surface area contributed by atoms with E-state index in [1.54, 1.807) is 17.9 Å². The van der Waals surface area contributed by atoms with E-state index in [-0.39, 0.29) is 0 Å². The molecule has 0 saturated carbocycles. The predicted octanol–water partition coefficient (Wildman–Crippen LogP) is 1.95. The van der Waals surface area contributed by atoms with E-state index in [9.17, 15) is 4.79 Å². The van der Waals surface area contributed by atoms with Gasteiger partial charge < -0.3 is 4.74 Å². The number of methoxy groups -OCH3 is 1. The maximum Gasteiger partial charge on any atom is 0.172 e. The van der Waals surface area contributed by atoms with Gasteiger partial charge in [-0.25, -0.2) is 4.68 Å². The van der Waals surface area contributed by atoms with Crippen molar-refractivity contribution >= 4 is 6.29 Å². The SMILES string of the molecule is C=CCn1nnc(C=O)c1-c1cccc(OC)c1. The molecule has 1 aromatic carbocycles. The molecule has 92 valence electrons. The highest BCUT2D eigenvalue weighted by Crippen LogP contribution is 2.25. The summed E-state index contributed by atoms with van der Waals surface area (Å²) in [6.45, 7) is 4.15. The number of allylic oxidation sites excluding steroid dienone is 1. The molecule has 0 spiro atoms. The Hall–Kier alpha value is -2.43. The maximum absolute atomic E-state index is 11.0. The molecule has 0 aliphatic heterocycles. The van der Waals surface area contributed by atoms with Crippen molar-refractivity contribution in [2.24, 2.45) is 0 Å². The third-order valence-corrected chi connectivity index (χ3v) is 2.52. The molecule has 0 aliphatic carbocycles. The Bertz CT molecular complexity index is 575. The van der Waals surface area contributed by atoms with Crippen LogP contribution in [-0.4, -0.2) is 28.4 Å². The first-order valence-corrected chi connectivity index (χ1v) is 5.44. The molecule has 0 fully saturated rings. The van der Waals surface area contributed by atoms with Crippen LogP contribution in [0.2, 0.25) is 0 Å². The molecule has 2 aromatic rings. The average Bonchev–Trinajstić information content (AvgIpc) is 2.82. The second-order valence-corrected chi connectivity index (χ2v) is 3.64. The Morgan fingerprint density at radius 1 is 1.50 bits per heavy atom. The minimum Gasteiger partial charge on any atom is -0.497 e. The minimum absolute atomic E-state index is 0.310. The van der Waals surface area contributed by atoms with E-state index in [4.69, 9.17) is 4.74 Å². The largest absolute Gasteiger partial charge is 0.497 e. The monoisotopic (exact) mass is 243 g/mol. The molecule has 5 heteroatoms. The van der Waals surface area contributed by atoms with Crippen LogP contribution in [-0.2, 0) is 6.54 Å². The number of aldehydes is 1. The second kappa shape index (κ2) is 5.27. The van der Waals surface area contributed by atoms with E-state index in [1.165, 1.54) is 0 Å². The normalized spacial score (nSPS) is 10.1. The molecule has 0 aliphatic rings. The molecule has 0 unspecified atom stereocenters. The zero-order valence-corrected chi connectivity index (χ0v) is 10.0. The fourth-order valence-electron chi connectivity index (χ4n) is 1.72. The number of hydrogen-bond acceptors (Lipinski definition) is 4. The molecule has 5 nitrogen and oxygen atoms in total. The first-order chi connectivity index (χ1) is 8.80. The van der Waals surface area contributed by atoms with Crippen LogP contribution in [0.25, 0.3) is 11.3 Å². The van der Waals surface area contributed by atoms with Crippen LogP contribution in [0.5, 0.6) is 5.75 Å². The maximum atomic E-state index is 11.0. The van der Waals surface area contributed by atoms with Crippen molar-refractivity contribution in [3.05, 3.63) is 42.6 Å². The molecule has 0 bridgehead atoms. The van der Waals surface area contributed by atoms with Crippen LogP contribution in [0, 0.1) is 0 Å². The fourth-order valence-corrected chi connectivity index (χ4v) is 1.72. The minimum atomic E-state index is 0.310. The van der Waals surface area contributed by atoms with Crippen LogP contribution in [0.15, 0.2) is 36.9 Å². The topological polar surface area (TPSA) is 57.0 Å². The van der Waals surface area contributed by atoms with E-state index in [2.05, 4.69) is 16.9 Å². The van der Waals surface area contributed by atoms with Gasteiger partial charge in [-0.05, 0) is 12.1 Å². The van der Waals surface area contributed by atoms with Crippen molar-refractivity contribution in [3.63, 3.8) is 0 Å². The Morgan fingerprint density at radius 3 is 3.00 bits per heavy atom. The van der Waals surface area contributed by atoms with Gasteiger partial charge in [0.15, 0.2) is 12.0 Å². The lowest BCUT2D eigenvalue weighted by Crippen LogP contribution is -2.01. The fraction of sp³-hybridized carbons (Fsp3) is 0.154. The lowest BCUT2D eigenvalue weighted by atomic mass is 10.1. The van der Waals surface area contributed by atoms with E-state index in [0.29, 0.717) is 24.2 Å². The number of hydrogen-bond donors (Lipinski definition) is 0. The van der Waals surface area contributed by atoms with Crippen LogP contribution in [0.3, 0.4) is 0 Å². The quantitative estimate of drug-likeness (QED) is 0.595. The van der Waals surface area contributed by atoms with Crippen molar-refractivity contribution in [1.29, 1.82) is 0 Å². The number of carbonyl (C=O) groups is 1. The lowest BCUT2D eigenvalue weighted by Gasteiger charge is -2.06. The van der Waals surface area contributed by atoms with Gasteiger partial charge in [0.1, 0.15) is 5.75 Å². The van der Waals surface area contributed by atoms with Crippen LogP contribution in [0.4, 0.5) is 0 Å². The number of benzene rings is 1. The first kappa shape index (κ1) is 12.0. The molecule has 0 amide bonds. The van der Waals surface area contributed by atoms with Gasteiger partial charge in [-0.3, -0.25) is 4.79 Å². The van der Waals surface area contributed by atoms with E-state index >= 15 is 0 Å². The Morgan fingerprint density at radius 2 is 2.33 bits per heavy atom. The van der Waals surface area contributed by atoms with Gasteiger partial charge in [-0.15, -0.1) is 11.7 Å². The molecule has 0 radical (unpaired) electrons. The summed E-state index contributed by atoms with van der Waals surface area (Å²) in [5.74, 6) is 0.718. The Kier molecular flexibility index (Phi) is 3.52. The van der Waals surface area contributed by atoms with Crippen molar-refractivity contribution in [3.8, 4) is 17.0 Å². The third kappa shape index (κ3) is 2.15. The molecule has 1 heterocycles. The number of nitrogens with zero attached hydrogens (tertiary/aromatic N) is 3. The highest BCUT2D eigenvalue weighted by Gasteiger charge is 2.14. The van der Waals surface area contributed by atoms with Crippen LogP contribution < -0.4 is 4.74 Å². The lowest BCUT2D eigenvalue weighted by molar-refractivity contribution is 0.111. The standard InChI is InChI=1S/C13H13N3O2/c1-3-7-16-13(12(9-17)14-15-16)10-5-4-6-11(8-10)18-2/h3-6,8-9H,1,7H2,2H3. The van der Waals surface area contributed by atoms with Crippen molar-refractivity contribution < 1.29 is 9.53 Å². The average molecular weight is 243 g/mol. The smallest absolute Gasteiger partial charge is 0.172 e. The Balaban J connectivity index is 2.56. The van der Waals surface area contributed by atoms with E-state index in [0.717, 1.165) is 11.3 Å². The number of rotatable bonds is 5. The van der Waals surface area contributed by atoms with Gasteiger partial charge in [-0.1, -0.05) is 23.4 Å². The number of carbonyl (C=O) groups excluding carboxylic acids is 1. The molecular weight excluding hydrogens is 230 g/mol. The molecule has 18 heavy (non-hydrogen) atoms. The zero-order chi connectivity index (χ0) is 13.0. The van der Waals surface area contributed by atoms with Crippen molar-refractivity contribution in [2.75, 3.05) is 7.11 Å². The highest BCUT2D eigenvalue weighted by molar-refractivity contribution is 5.83.